The van der Waals surface area contributed by atoms with Crippen LogP contribution in [0.5, 0.6) is 0 Å². The van der Waals surface area contributed by atoms with E-state index >= 15 is 0 Å². The molecule has 1 unspecified atom stereocenters. The normalized spacial score (nSPS) is 18.9. The minimum atomic E-state index is 0.0757. The van der Waals surface area contributed by atoms with Crippen LogP contribution < -0.4 is 0 Å². The Morgan fingerprint density at radius 2 is 1.65 bits per heavy atom. The fourth-order valence-electron chi connectivity index (χ4n) is 2.38. The summed E-state index contributed by atoms with van der Waals surface area (Å²) in [5.74, 6) is 2.48. The first kappa shape index (κ1) is 17.5. The lowest BCUT2D eigenvalue weighted by Gasteiger charge is -2.22. The van der Waals surface area contributed by atoms with Crippen LogP contribution in [0.2, 0.25) is 0 Å². The molecule has 1 saturated heterocycles. The van der Waals surface area contributed by atoms with Gasteiger partial charge in [0.05, 0.1) is 0 Å². The minimum absolute atomic E-state index is 0.0757. The summed E-state index contributed by atoms with van der Waals surface area (Å²) in [5, 5.41) is 0. The number of hydrogen-bond acceptors (Lipinski definition) is 3. The Labute approximate surface area is 124 Å². The van der Waals surface area contributed by atoms with Gasteiger partial charge in [0, 0.05) is 19.8 Å². The number of ether oxygens (including phenoxy) is 3. The third kappa shape index (κ3) is 10.3. The van der Waals surface area contributed by atoms with E-state index in [1.165, 1.54) is 44.9 Å². The van der Waals surface area contributed by atoms with Crippen molar-refractivity contribution in [1.82, 2.24) is 0 Å². The molecule has 3 heteroatoms. The van der Waals surface area contributed by atoms with Gasteiger partial charge in [-0.15, -0.1) is 6.42 Å². The predicted molar refractivity (Wildman–Crippen MR) is 81.5 cm³/mol. The molecule has 1 rings (SSSR count). The Morgan fingerprint density at radius 1 is 0.950 bits per heavy atom. The first-order valence-electron chi connectivity index (χ1n) is 8.18. The zero-order valence-electron chi connectivity index (χ0n) is 12.8. The van der Waals surface area contributed by atoms with Gasteiger partial charge in [-0.05, 0) is 32.1 Å². The van der Waals surface area contributed by atoms with E-state index in [0.29, 0.717) is 6.61 Å². The van der Waals surface area contributed by atoms with Crippen molar-refractivity contribution in [3.63, 3.8) is 0 Å². The van der Waals surface area contributed by atoms with E-state index in [4.69, 9.17) is 20.6 Å². The van der Waals surface area contributed by atoms with Gasteiger partial charge >= 0.3 is 0 Å². The van der Waals surface area contributed by atoms with Gasteiger partial charge in [-0.3, -0.25) is 0 Å². The van der Waals surface area contributed by atoms with Crippen molar-refractivity contribution in [3.05, 3.63) is 0 Å². The zero-order valence-corrected chi connectivity index (χ0v) is 12.8. The first-order valence-corrected chi connectivity index (χ1v) is 8.18. The van der Waals surface area contributed by atoms with Crippen LogP contribution in [0.25, 0.3) is 0 Å². The molecule has 0 aliphatic carbocycles. The van der Waals surface area contributed by atoms with E-state index in [-0.39, 0.29) is 6.29 Å². The summed E-state index contributed by atoms with van der Waals surface area (Å²) in [6.07, 6.45) is 17.4. The molecule has 0 aromatic rings. The summed E-state index contributed by atoms with van der Waals surface area (Å²) in [4.78, 5) is 0. The van der Waals surface area contributed by atoms with Crippen molar-refractivity contribution in [2.24, 2.45) is 0 Å². The monoisotopic (exact) mass is 282 g/mol. The summed E-state index contributed by atoms with van der Waals surface area (Å²) >= 11 is 0. The maximum Gasteiger partial charge on any atom is 0.157 e. The van der Waals surface area contributed by atoms with Gasteiger partial charge in [0.2, 0.25) is 0 Å². The van der Waals surface area contributed by atoms with Gasteiger partial charge in [-0.1, -0.05) is 38.0 Å². The van der Waals surface area contributed by atoms with Gasteiger partial charge in [-0.2, -0.15) is 0 Å². The third-order valence-electron chi connectivity index (χ3n) is 3.56. The summed E-state index contributed by atoms with van der Waals surface area (Å²) in [7, 11) is 0. The second-order valence-electron chi connectivity index (χ2n) is 5.40. The zero-order chi connectivity index (χ0) is 14.3. The van der Waals surface area contributed by atoms with Gasteiger partial charge < -0.3 is 14.2 Å². The largest absolute Gasteiger partial charge is 0.369 e. The van der Waals surface area contributed by atoms with E-state index in [1.54, 1.807) is 0 Å². The quantitative estimate of drug-likeness (QED) is 0.401. The Morgan fingerprint density at radius 3 is 2.30 bits per heavy atom. The molecular formula is C17H30O3. The van der Waals surface area contributed by atoms with Crippen molar-refractivity contribution in [2.45, 2.75) is 70.5 Å². The Balaban J connectivity index is 1.71. The van der Waals surface area contributed by atoms with Crippen molar-refractivity contribution >= 4 is 0 Å². The van der Waals surface area contributed by atoms with Crippen LogP contribution in [-0.2, 0) is 14.2 Å². The highest BCUT2D eigenvalue weighted by Crippen LogP contribution is 2.14. The first-order chi connectivity index (χ1) is 9.93. The van der Waals surface area contributed by atoms with Crippen LogP contribution in [0.1, 0.15) is 64.2 Å². The third-order valence-corrected chi connectivity index (χ3v) is 3.56. The minimum Gasteiger partial charge on any atom is -0.369 e. The fourth-order valence-corrected chi connectivity index (χ4v) is 2.38. The van der Waals surface area contributed by atoms with Crippen molar-refractivity contribution in [3.8, 4) is 12.3 Å². The van der Waals surface area contributed by atoms with Gasteiger partial charge in [0.15, 0.2) is 6.29 Å². The van der Waals surface area contributed by atoms with Crippen LogP contribution in [-0.4, -0.2) is 32.7 Å². The van der Waals surface area contributed by atoms with E-state index in [9.17, 15) is 0 Å². The van der Waals surface area contributed by atoms with Crippen LogP contribution in [0.3, 0.4) is 0 Å². The number of unbranched alkanes of at least 4 members (excludes halogenated alkanes) is 6. The molecule has 0 radical (unpaired) electrons. The smallest absolute Gasteiger partial charge is 0.157 e. The average molecular weight is 282 g/mol. The van der Waals surface area contributed by atoms with E-state index in [0.717, 1.165) is 39.1 Å². The Hall–Kier alpha value is -0.560. The molecule has 0 aromatic heterocycles. The maximum absolute atomic E-state index is 5.71. The summed E-state index contributed by atoms with van der Waals surface area (Å²) in [5.41, 5.74) is 0. The Bertz CT molecular complexity index is 241. The lowest BCUT2D eigenvalue weighted by atomic mass is 10.1. The second kappa shape index (κ2) is 13.4. The molecule has 0 N–H and O–H groups in total. The van der Waals surface area contributed by atoms with E-state index in [1.807, 2.05) is 0 Å². The highest BCUT2D eigenvalue weighted by Gasteiger charge is 2.13. The van der Waals surface area contributed by atoms with Crippen molar-refractivity contribution < 1.29 is 14.2 Å². The molecule has 1 aliphatic rings. The lowest BCUT2D eigenvalue weighted by Crippen LogP contribution is -2.22. The highest BCUT2D eigenvalue weighted by atomic mass is 16.7. The highest BCUT2D eigenvalue weighted by molar-refractivity contribution is 4.82. The number of hydrogen-bond donors (Lipinski definition) is 0. The topological polar surface area (TPSA) is 27.7 Å². The number of terminal acetylenes is 1. The SMILES string of the molecule is C#CCOCCCCCCCCCOC1CCCCO1. The molecule has 0 spiro atoms. The van der Waals surface area contributed by atoms with Crippen LogP contribution in [0.4, 0.5) is 0 Å². The number of rotatable bonds is 12. The van der Waals surface area contributed by atoms with Gasteiger partial charge in [0.25, 0.3) is 0 Å². The lowest BCUT2D eigenvalue weighted by molar-refractivity contribution is -0.162. The molecular weight excluding hydrogens is 252 g/mol. The van der Waals surface area contributed by atoms with E-state index < -0.39 is 0 Å². The second-order valence-corrected chi connectivity index (χ2v) is 5.40. The van der Waals surface area contributed by atoms with Crippen LogP contribution in [0.15, 0.2) is 0 Å². The molecule has 1 atom stereocenters. The molecule has 1 heterocycles. The average Bonchev–Trinajstić information content (AvgIpc) is 2.49. The van der Waals surface area contributed by atoms with Crippen molar-refractivity contribution in [2.75, 3.05) is 26.4 Å². The molecule has 1 aliphatic heterocycles. The molecule has 0 aromatic carbocycles. The molecule has 0 amide bonds. The van der Waals surface area contributed by atoms with Crippen molar-refractivity contribution in [1.29, 1.82) is 0 Å². The molecule has 116 valence electrons. The summed E-state index contributed by atoms with van der Waals surface area (Å²) < 4.78 is 16.5. The fraction of sp³-hybridized carbons (Fsp3) is 0.882. The standard InChI is InChI=1S/C17H30O3/c1-2-13-18-14-9-6-4-3-5-7-10-15-19-17-12-8-11-16-20-17/h1,17H,3-16H2. The molecule has 0 bridgehead atoms. The summed E-state index contributed by atoms with van der Waals surface area (Å²) in [6, 6.07) is 0. The molecule has 0 saturated carbocycles. The van der Waals surface area contributed by atoms with Crippen LogP contribution in [0, 0.1) is 12.3 Å². The van der Waals surface area contributed by atoms with Gasteiger partial charge in [0.1, 0.15) is 6.61 Å². The Kier molecular flexibility index (Phi) is 11.7. The summed E-state index contributed by atoms with van der Waals surface area (Å²) in [6.45, 7) is 2.98. The van der Waals surface area contributed by atoms with Crippen LogP contribution >= 0.6 is 0 Å². The maximum atomic E-state index is 5.71. The predicted octanol–water partition coefficient (Wildman–Crippen LogP) is 3.91. The molecule has 1 fully saturated rings. The van der Waals surface area contributed by atoms with E-state index in [2.05, 4.69) is 5.92 Å². The van der Waals surface area contributed by atoms with Gasteiger partial charge in [-0.25, -0.2) is 0 Å². The molecule has 20 heavy (non-hydrogen) atoms. The molecule has 3 nitrogen and oxygen atoms in total.